The average molecular weight is 328 g/mol. The van der Waals surface area contributed by atoms with E-state index >= 15 is 0 Å². The second-order valence-corrected chi connectivity index (χ2v) is 6.63. The fraction of sp³-hybridized carbons (Fsp3) is 0.500. The molecule has 0 bridgehead atoms. The Hall–Kier alpha value is -0.920. The van der Waals surface area contributed by atoms with Gasteiger partial charge in [0.25, 0.3) is 0 Å². The molecular weight excluding hydrogens is 312 g/mol. The molecule has 0 aliphatic rings. The lowest BCUT2D eigenvalue weighted by Crippen LogP contribution is -2.14. The normalized spacial score (nSPS) is 13.4. The SMILES string of the molecule is COCC(Cl)CCNc1ccc(S(=O)(=O)C(F)F)cc1. The van der Waals surface area contributed by atoms with Gasteiger partial charge in [-0.1, -0.05) is 0 Å². The number of benzene rings is 1. The molecule has 0 radical (unpaired) electrons. The van der Waals surface area contributed by atoms with Crippen LogP contribution in [0.15, 0.2) is 29.2 Å². The van der Waals surface area contributed by atoms with Crippen LogP contribution in [0.4, 0.5) is 14.5 Å². The molecular formula is C12H16ClF2NO3S. The first-order valence-corrected chi connectivity index (χ1v) is 7.85. The highest BCUT2D eigenvalue weighted by Crippen LogP contribution is 2.20. The van der Waals surface area contributed by atoms with Crippen molar-refractivity contribution in [3.63, 3.8) is 0 Å². The van der Waals surface area contributed by atoms with E-state index in [1.54, 1.807) is 7.11 Å². The molecule has 1 unspecified atom stereocenters. The Morgan fingerprint density at radius 3 is 2.40 bits per heavy atom. The Morgan fingerprint density at radius 1 is 1.30 bits per heavy atom. The quantitative estimate of drug-likeness (QED) is 0.746. The number of sulfone groups is 1. The topological polar surface area (TPSA) is 55.4 Å². The summed E-state index contributed by atoms with van der Waals surface area (Å²) in [5.74, 6) is -3.41. The summed E-state index contributed by atoms with van der Waals surface area (Å²) in [5, 5.41) is 2.90. The van der Waals surface area contributed by atoms with Gasteiger partial charge in [-0.15, -0.1) is 11.6 Å². The summed E-state index contributed by atoms with van der Waals surface area (Å²) in [6.07, 6.45) is 0.659. The molecule has 20 heavy (non-hydrogen) atoms. The maximum absolute atomic E-state index is 12.3. The van der Waals surface area contributed by atoms with Crippen LogP contribution in [0.25, 0.3) is 0 Å². The lowest BCUT2D eigenvalue weighted by Gasteiger charge is -2.10. The van der Waals surface area contributed by atoms with E-state index in [0.717, 1.165) is 12.1 Å². The van der Waals surface area contributed by atoms with Crippen molar-refractivity contribution in [3.05, 3.63) is 24.3 Å². The van der Waals surface area contributed by atoms with E-state index in [1.807, 2.05) is 0 Å². The van der Waals surface area contributed by atoms with Gasteiger partial charge in [0, 0.05) is 19.3 Å². The molecule has 0 amide bonds. The second-order valence-electron chi connectivity index (χ2n) is 4.10. The van der Waals surface area contributed by atoms with Gasteiger partial charge >= 0.3 is 5.76 Å². The minimum absolute atomic E-state index is 0.119. The van der Waals surface area contributed by atoms with E-state index in [4.69, 9.17) is 16.3 Å². The van der Waals surface area contributed by atoms with Crippen molar-refractivity contribution in [1.29, 1.82) is 0 Å². The minimum atomic E-state index is -4.53. The first kappa shape index (κ1) is 17.1. The Kier molecular flexibility index (Phi) is 6.64. The summed E-state index contributed by atoms with van der Waals surface area (Å²) >= 11 is 5.94. The van der Waals surface area contributed by atoms with Gasteiger partial charge in [0.05, 0.1) is 16.9 Å². The molecule has 0 saturated heterocycles. The third-order valence-corrected chi connectivity index (χ3v) is 4.29. The zero-order chi connectivity index (χ0) is 15.2. The number of hydrogen-bond acceptors (Lipinski definition) is 4. The van der Waals surface area contributed by atoms with Crippen molar-refractivity contribution in [3.8, 4) is 0 Å². The van der Waals surface area contributed by atoms with Gasteiger partial charge in [0.1, 0.15) is 0 Å². The van der Waals surface area contributed by atoms with Gasteiger partial charge in [0.15, 0.2) is 0 Å². The van der Waals surface area contributed by atoms with E-state index in [9.17, 15) is 17.2 Å². The highest BCUT2D eigenvalue weighted by Gasteiger charge is 2.26. The summed E-state index contributed by atoms with van der Waals surface area (Å²) < 4.78 is 52.0. The zero-order valence-corrected chi connectivity index (χ0v) is 12.4. The smallest absolute Gasteiger partial charge is 0.341 e. The van der Waals surface area contributed by atoms with Crippen molar-refractivity contribution in [2.45, 2.75) is 22.5 Å². The van der Waals surface area contributed by atoms with E-state index in [0.29, 0.717) is 25.3 Å². The van der Waals surface area contributed by atoms with E-state index < -0.39 is 20.5 Å². The summed E-state index contributed by atoms with van der Waals surface area (Å²) in [4.78, 5) is -0.396. The van der Waals surface area contributed by atoms with Gasteiger partial charge in [0.2, 0.25) is 9.84 Å². The molecule has 0 heterocycles. The van der Waals surface area contributed by atoms with Crippen molar-refractivity contribution >= 4 is 27.1 Å². The summed E-state index contributed by atoms with van der Waals surface area (Å²) in [7, 11) is -2.97. The van der Waals surface area contributed by atoms with Crippen LogP contribution in [0.3, 0.4) is 0 Å². The molecule has 0 spiro atoms. The van der Waals surface area contributed by atoms with Crippen LogP contribution in [0, 0.1) is 0 Å². The lowest BCUT2D eigenvalue weighted by atomic mass is 10.3. The van der Waals surface area contributed by atoms with Gasteiger partial charge in [-0.05, 0) is 30.7 Å². The van der Waals surface area contributed by atoms with Crippen LogP contribution < -0.4 is 5.32 Å². The second kappa shape index (κ2) is 7.75. The number of hydrogen-bond donors (Lipinski definition) is 1. The van der Waals surface area contributed by atoms with Crippen molar-refractivity contribution in [2.24, 2.45) is 0 Å². The van der Waals surface area contributed by atoms with Crippen LogP contribution in [-0.4, -0.2) is 39.8 Å². The van der Waals surface area contributed by atoms with Crippen molar-refractivity contribution in [2.75, 3.05) is 25.6 Å². The first-order chi connectivity index (χ1) is 9.37. The Labute approximate surface area is 122 Å². The van der Waals surface area contributed by atoms with Crippen LogP contribution in [-0.2, 0) is 14.6 Å². The number of ether oxygens (including phenoxy) is 1. The molecule has 0 aromatic heterocycles. The molecule has 0 aliphatic carbocycles. The number of anilines is 1. The molecule has 4 nitrogen and oxygen atoms in total. The number of rotatable bonds is 8. The highest BCUT2D eigenvalue weighted by molar-refractivity contribution is 7.91. The Bertz CT molecular complexity index is 508. The predicted octanol–water partition coefficient (Wildman–Crippen LogP) is 2.74. The monoisotopic (exact) mass is 327 g/mol. The van der Waals surface area contributed by atoms with Gasteiger partial charge < -0.3 is 10.1 Å². The number of nitrogens with one attached hydrogen (secondary N) is 1. The van der Waals surface area contributed by atoms with Gasteiger partial charge in [-0.25, -0.2) is 8.42 Å². The fourth-order valence-electron chi connectivity index (χ4n) is 1.50. The van der Waals surface area contributed by atoms with Crippen LogP contribution in [0.2, 0.25) is 0 Å². The molecule has 1 rings (SSSR count). The maximum atomic E-state index is 12.3. The standard InChI is InChI=1S/C12H16ClF2NO3S/c1-19-8-9(13)6-7-16-10-2-4-11(5-3-10)20(17,18)12(14)15/h2-5,9,12,16H,6-8H2,1H3. The predicted molar refractivity (Wildman–Crippen MR) is 74.3 cm³/mol. The first-order valence-electron chi connectivity index (χ1n) is 5.87. The van der Waals surface area contributed by atoms with E-state index in [-0.39, 0.29) is 5.38 Å². The largest absolute Gasteiger partial charge is 0.385 e. The number of halogens is 3. The molecule has 0 saturated carbocycles. The van der Waals surface area contributed by atoms with Gasteiger partial charge in [-0.2, -0.15) is 8.78 Å². The molecule has 0 fully saturated rings. The Balaban J connectivity index is 2.56. The summed E-state index contributed by atoms with van der Waals surface area (Å²) in [5.41, 5.74) is 0.638. The number of methoxy groups -OCH3 is 1. The maximum Gasteiger partial charge on any atom is 0.341 e. The molecule has 1 aromatic carbocycles. The van der Waals surface area contributed by atoms with Crippen LogP contribution >= 0.6 is 11.6 Å². The van der Waals surface area contributed by atoms with Crippen molar-refractivity contribution in [1.82, 2.24) is 0 Å². The van der Waals surface area contributed by atoms with E-state index in [1.165, 1.54) is 12.1 Å². The average Bonchev–Trinajstić information content (AvgIpc) is 2.39. The highest BCUT2D eigenvalue weighted by atomic mass is 35.5. The molecule has 114 valence electrons. The summed E-state index contributed by atoms with van der Waals surface area (Å²) in [6, 6.07) is 5.18. The van der Waals surface area contributed by atoms with Crippen molar-refractivity contribution < 1.29 is 21.9 Å². The fourth-order valence-corrected chi connectivity index (χ4v) is 2.46. The molecule has 1 N–H and O–H groups in total. The third-order valence-electron chi connectivity index (χ3n) is 2.55. The molecule has 0 aliphatic heterocycles. The summed E-state index contributed by atoms with van der Waals surface area (Å²) in [6.45, 7) is 1.01. The van der Waals surface area contributed by atoms with Crippen LogP contribution in [0.5, 0.6) is 0 Å². The zero-order valence-electron chi connectivity index (χ0n) is 10.9. The lowest BCUT2D eigenvalue weighted by molar-refractivity contribution is 0.196. The third kappa shape index (κ3) is 4.88. The molecule has 1 atom stereocenters. The van der Waals surface area contributed by atoms with E-state index in [2.05, 4.69) is 5.32 Å². The minimum Gasteiger partial charge on any atom is -0.385 e. The molecule has 1 aromatic rings. The number of alkyl halides is 3. The van der Waals surface area contributed by atoms with Crippen LogP contribution in [0.1, 0.15) is 6.42 Å². The van der Waals surface area contributed by atoms with Gasteiger partial charge in [-0.3, -0.25) is 0 Å². The Morgan fingerprint density at radius 2 is 1.90 bits per heavy atom. The molecule has 8 heteroatoms.